The largest absolute Gasteiger partial charge is 0.480 e. The summed E-state index contributed by atoms with van der Waals surface area (Å²) in [6, 6.07) is 9.68. The zero-order valence-electron chi connectivity index (χ0n) is 15.1. The van der Waals surface area contributed by atoms with Crippen molar-refractivity contribution in [2.45, 2.75) is 57.0 Å². The van der Waals surface area contributed by atoms with E-state index in [4.69, 9.17) is 0 Å². The topological polar surface area (TPSA) is 69.6 Å². The molecule has 144 valence electrons. The predicted molar refractivity (Wildman–Crippen MR) is 103 cm³/mol. The van der Waals surface area contributed by atoms with Crippen molar-refractivity contribution in [1.82, 2.24) is 10.2 Å². The molecule has 3 rings (SSSR count). The van der Waals surface area contributed by atoms with Crippen LogP contribution in [0.3, 0.4) is 0 Å². The SMILES string of the molecule is Cl.O=C(CN1CCC[C@@H]1C(=O)O)NC(c1ccccc1)C1CCCCC1. The van der Waals surface area contributed by atoms with Crippen LogP contribution in [0.4, 0.5) is 0 Å². The smallest absolute Gasteiger partial charge is 0.320 e. The molecule has 2 fully saturated rings. The van der Waals surface area contributed by atoms with Crippen LogP contribution >= 0.6 is 12.4 Å². The van der Waals surface area contributed by atoms with Gasteiger partial charge in [-0.3, -0.25) is 14.5 Å². The lowest BCUT2D eigenvalue weighted by Crippen LogP contribution is -2.45. The number of benzene rings is 1. The Hall–Kier alpha value is -1.59. The van der Waals surface area contributed by atoms with Gasteiger partial charge in [-0.2, -0.15) is 0 Å². The van der Waals surface area contributed by atoms with Crippen LogP contribution in [0, 0.1) is 5.92 Å². The van der Waals surface area contributed by atoms with Crippen LogP contribution in [0.15, 0.2) is 30.3 Å². The third-order valence-electron chi connectivity index (χ3n) is 5.59. The molecule has 0 aromatic heterocycles. The van der Waals surface area contributed by atoms with E-state index in [0.717, 1.165) is 24.8 Å². The Balaban J connectivity index is 0.00000243. The molecule has 6 heteroatoms. The minimum atomic E-state index is -0.822. The quantitative estimate of drug-likeness (QED) is 0.793. The summed E-state index contributed by atoms with van der Waals surface area (Å²) in [6.45, 7) is 0.858. The van der Waals surface area contributed by atoms with E-state index in [1.807, 2.05) is 18.2 Å². The van der Waals surface area contributed by atoms with Gasteiger partial charge in [0.15, 0.2) is 0 Å². The van der Waals surface area contributed by atoms with Crippen molar-refractivity contribution in [3.63, 3.8) is 0 Å². The van der Waals surface area contributed by atoms with Crippen molar-refractivity contribution in [3.05, 3.63) is 35.9 Å². The standard InChI is InChI=1S/C20H28N2O3.ClH/c23-18(14-22-13-7-12-17(22)20(24)25)21-19(15-8-3-1-4-9-15)16-10-5-2-6-11-16;/h1,3-4,8-9,16-17,19H,2,5-7,10-14H2,(H,21,23)(H,24,25);1H/t17-,19?;/m1./s1. The van der Waals surface area contributed by atoms with Crippen LogP contribution in [-0.4, -0.2) is 41.0 Å². The van der Waals surface area contributed by atoms with E-state index in [0.29, 0.717) is 18.9 Å². The summed E-state index contributed by atoms with van der Waals surface area (Å²) in [4.78, 5) is 25.8. The highest BCUT2D eigenvalue weighted by molar-refractivity contribution is 5.85. The van der Waals surface area contributed by atoms with Gasteiger partial charge in [0, 0.05) is 0 Å². The first-order valence-corrected chi connectivity index (χ1v) is 9.46. The van der Waals surface area contributed by atoms with Crippen LogP contribution in [0.5, 0.6) is 0 Å². The van der Waals surface area contributed by atoms with Gasteiger partial charge in [0.05, 0.1) is 12.6 Å². The lowest BCUT2D eigenvalue weighted by atomic mass is 9.81. The second-order valence-corrected chi connectivity index (χ2v) is 7.32. The molecular weight excluding hydrogens is 352 g/mol. The molecule has 1 heterocycles. The first-order valence-electron chi connectivity index (χ1n) is 9.46. The maximum absolute atomic E-state index is 12.6. The molecule has 0 bridgehead atoms. The highest BCUT2D eigenvalue weighted by atomic mass is 35.5. The molecule has 1 aliphatic carbocycles. The molecule has 1 aromatic rings. The van der Waals surface area contributed by atoms with Gasteiger partial charge in [-0.25, -0.2) is 0 Å². The minimum absolute atomic E-state index is 0. The molecule has 1 saturated heterocycles. The van der Waals surface area contributed by atoms with E-state index in [1.165, 1.54) is 19.3 Å². The molecule has 1 amide bonds. The first-order chi connectivity index (χ1) is 12.1. The molecule has 0 radical (unpaired) electrons. The van der Waals surface area contributed by atoms with Crippen molar-refractivity contribution < 1.29 is 14.7 Å². The Bertz CT molecular complexity index is 590. The third-order valence-corrected chi connectivity index (χ3v) is 5.59. The average molecular weight is 381 g/mol. The Morgan fingerprint density at radius 1 is 1.08 bits per heavy atom. The van der Waals surface area contributed by atoms with Crippen LogP contribution in [0.1, 0.15) is 56.6 Å². The predicted octanol–water partition coefficient (Wildman–Crippen LogP) is 3.40. The maximum Gasteiger partial charge on any atom is 0.320 e. The van der Waals surface area contributed by atoms with E-state index in [-0.39, 0.29) is 30.9 Å². The van der Waals surface area contributed by atoms with Gasteiger partial charge < -0.3 is 10.4 Å². The fourth-order valence-corrected chi connectivity index (χ4v) is 4.30. The summed E-state index contributed by atoms with van der Waals surface area (Å²) in [6.07, 6.45) is 7.47. The normalized spacial score (nSPS) is 22.4. The molecule has 26 heavy (non-hydrogen) atoms. The van der Waals surface area contributed by atoms with Gasteiger partial charge in [-0.05, 0) is 43.7 Å². The summed E-state index contributed by atoms with van der Waals surface area (Å²) < 4.78 is 0. The van der Waals surface area contributed by atoms with Crippen LogP contribution < -0.4 is 5.32 Å². The van der Waals surface area contributed by atoms with Crippen molar-refractivity contribution >= 4 is 24.3 Å². The van der Waals surface area contributed by atoms with Crippen molar-refractivity contribution in [2.24, 2.45) is 5.92 Å². The molecule has 2 aliphatic rings. The number of rotatable bonds is 6. The first kappa shape index (κ1) is 20.7. The van der Waals surface area contributed by atoms with Gasteiger partial charge in [-0.1, -0.05) is 49.6 Å². The average Bonchev–Trinajstić information content (AvgIpc) is 3.09. The van der Waals surface area contributed by atoms with Crippen molar-refractivity contribution in [1.29, 1.82) is 0 Å². The van der Waals surface area contributed by atoms with E-state index in [1.54, 1.807) is 4.90 Å². The molecule has 1 unspecified atom stereocenters. The Kier molecular flexibility index (Phi) is 7.91. The van der Waals surface area contributed by atoms with E-state index in [2.05, 4.69) is 17.4 Å². The molecular formula is C20H29ClN2O3. The number of amides is 1. The lowest BCUT2D eigenvalue weighted by molar-refractivity contribution is -0.142. The van der Waals surface area contributed by atoms with Gasteiger partial charge in [0.2, 0.25) is 5.91 Å². The summed E-state index contributed by atoms with van der Waals surface area (Å²) in [7, 11) is 0. The zero-order chi connectivity index (χ0) is 17.6. The van der Waals surface area contributed by atoms with Crippen LogP contribution in [0.25, 0.3) is 0 Å². The fourth-order valence-electron chi connectivity index (χ4n) is 4.30. The minimum Gasteiger partial charge on any atom is -0.480 e. The number of hydrogen-bond acceptors (Lipinski definition) is 3. The van der Waals surface area contributed by atoms with Crippen LogP contribution in [-0.2, 0) is 9.59 Å². The Morgan fingerprint density at radius 3 is 2.42 bits per heavy atom. The second kappa shape index (κ2) is 9.93. The summed E-state index contributed by atoms with van der Waals surface area (Å²) in [5.74, 6) is -0.418. The molecule has 2 atom stereocenters. The van der Waals surface area contributed by atoms with E-state index in [9.17, 15) is 14.7 Å². The number of carboxylic acid groups (broad SMARTS) is 1. The highest BCUT2D eigenvalue weighted by Crippen LogP contribution is 2.34. The Labute approximate surface area is 161 Å². The summed E-state index contributed by atoms with van der Waals surface area (Å²) in [5, 5.41) is 12.5. The van der Waals surface area contributed by atoms with Crippen LogP contribution in [0.2, 0.25) is 0 Å². The summed E-state index contributed by atoms with van der Waals surface area (Å²) >= 11 is 0. The van der Waals surface area contributed by atoms with Gasteiger partial charge in [0.1, 0.15) is 6.04 Å². The number of carbonyl (C=O) groups excluding carboxylic acids is 1. The lowest BCUT2D eigenvalue weighted by Gasteiger charge is -2.32. The molecule has 1 saturated carbocycles. The molecule has 0 spiro atoms. The monoisotopic (exact) mass is 380 g/mol. The number of hydrogen-bond donors (Lipinski definition) is 2. The third kappa shape index (κ3) is 5.21. The number of likely N-dealkylation sites (tertiary alicyclic amines) is 1. The van der Waals surface area contributed by atoms with Crippen molar-refractivity contribution in [2.75, 3.05) is 13.1 Å². The van der Waals surface area contributed by atoms with Gasteiger partial charge in [-0.15, -0.1) is 12.4 Å². The molecule has 5 nitrogen and oxygen atoms in total. The fraction of sp³-hybridized carbons (Fsp3) is 0.600. The molecule has 1 aromatic carbocycles. The molecule has 1 aliphatic heterocycles. The number of nitrogens with one attached hydrogen (secondary N) is 1. The second-order valence-electron chi connectivity index (χ2n) is 7.32. The van der Waals surface area contributed by atoms with Crippen molar-refractivity contribution in [3.8, 4) is 0 Å². The zero-order valence-corrected chi connectivity index (χ0v) is 15.9. The van der Waals surface area contributed by atoms with E-state index >= 15 is 0 Å². The van der Waals surface area contributed by atoms with E-state index < -0.39 is 12.0 Å². The van der Waals surface area contributed by atoms with Gasteiger partial charge in [0.25, 0.3) is 0 Å². The number of nitrogens with zero attached hydrogens (tertiary/aromatic N) is 1. The number of aliphatic carboxylic acids is 1. The maximum atomic E-state index is 12.6. The van der Waals surface area contributed by atoms with Gasteiger partial charge >= 0.3 is 5.97 Å². The number of carbonyl (C=O) groups is 2. The Morgan fingerprint density at radius 2 is 1.77 bits per heavy atom. The highest BCUT2D eigenvalue weighted by Gasteiger charge is 2.33. The summed E-state index contributed by atoms with van der Waals surface area (Å²) in [5.41, 5.74) is 1.15. The number of halogens is 1. The number of carboxylic acids is 1. The molecule has 2 N–H and O–H groups in total.